The van der Waals surface area contributed by atoms with E-state index in [0.717, 1.165) is 0 Å². The zero-order valence-electron chi connectivity index (χ0n) is 9.07. The van der Waals surface area contributed by atoms with Crippen molar-refractivity contribution in [3.05, 3.63) is 30.1 Å². The maximum absolute atomic E-state index is 12.0. The monoisotopic (exact) mass is 236 g/mol. The fourth-order valence-corrected chi connectivity index (χ4v) is 1.63. The van der Waals surface area contributed by atoms with Crippen molar-refractivity contribution in [2.45, 2.75) is 6.10 Å². The van der Waals surface area contributed by atoms with Crippen LogP contribution in [0, 0.1) is 0 Å². The second kappa shape index (κ2) is 4.92. The largest absolute Gasteiger partial charge is 0.479 e. The quantitative estimate of drug-likeness (QED) is 0.782. The van der Waals surface area contributed by atoms with Gasteiger partial charge in [-0.3, -0.25) is 9.78 Å². The Kier molecular flexibility index (Phi) is 3.34. The van der Waals surface area contributed by atoms with E-state index in [-0.39, 0.29) is 19.1 Å². The molecule has 1 fully saturated rings. The Hall–Kier alpha value is -1.95. The van der Waals surface area contributed by atoms with Crippen molar-refractivity contribution in [1.82, 2.24) is 9.88 Å². The number of carbonyl (C=O) groups is 2. The first-order valence-corrected chi connectivity index (χ1v) is 5.23. The molecule has 1 aromatic rings. The highest BCUT2D eigenvalue weighted by atomic mass is 16.5. The third-order valence-corrected chi connectivity index (χ3v) is 2.51. The summed E-state index contributed by atoms with van der Waals surface area (Å²) in [6, 6.07) is 5.04. The summed E-state index contributed by atoms with van der Waals surface area (Å²) < 4.78 is 5.04. The molecule has 1 atom stereocenters. The van der Waals surface area contributed by atoms with Gasteiger partial charge in [-0.05, 0) is 12.1 Å². The van der Waals surface area contributed by atoms with Crippen molar-refractivity contribution in [1.29, 1.82) is 0 Å². The van der Waals surface area contributed by atoms with Crippen LogP contribution >= 0.6 is 0 Å². The van der Waals surface area contributed by atoms with Gasteiger partial charge in [0.05, 0.1) is 13.2 Å². The van der Waals surface area contributed by atoms with E-state index in [1.807, 2.05) is 0 Å². The molecule has 1 aromatic heterocycles. The number of carboxylic acid groups (broad SMARTS) is 1. The van der Waals surface area contributed by atoms with Gasteiger partial charge in [0.25, 0.3) is 5.91 Å². The average molecular weight is 236 g/mol. The van der Waals surface area contributed by atoms with Crippen molar-refractivity contribution in [3.8, 4) is 0 Å². The third kappa shape index (κ3) is 2.59. The standard InChI is InChI=1S/C11H12N2O4/c14-10(8-3-1-2-4-12-8)13-5-6-17-9(7-13)11(15)16/h1-4,9H,5-7H2,(H,15,16). The molecule has 1 N–H and O–H groups in total. The highest BCUT2D eigenvalue weighted by Gasteiger charge is 2.29. The second-order valence-electron chi connectivity index (χ2n) is 3.66. The minimum atomic E-state index is -1.05. The normalized spacial score (nSPS) is 20.0. The Labute approximate surface area is 97.8 Å². The zero-order chi connectivity index (χ0) is 12.3. The lowest BCUT2D eigenvalue weighted by atomic mass is 10.2. The number of morpholine rings is 1. The smallest absolute Gasteiger partial charge is 0.334 e. The maximum Gasteiger partial charge on any atom is 0.334 e. The van der Waals surface area contributed by atoms with Crippen LogP contribution in [-0.2, 0) is 9.53 Å². The third-order valence-electron chi connectivity index (χ3n) is 2.51. The maximum atomic E-state index is 12.0. The molecule has 1 amide bonds. The second-order valence-corrected chi connectivity index (χ2v) is 3.66. The summed E-state index contributed by atoms with van der Waals surface area (Å²) in [6.07, 6.45) is 0.582. The predicted molar refractivity (Wildman–Crippen MR) is 57.5 cm³/mol. The van der Waals surface area contributed by atoms with Crippen LogP contribution in [0.25, 0.3) is 0 Å². The summed E-state index contributed by atoms with van der Waals surface area (Å²) >= 11 is 0. The molecule has 6 heteroatoms. The number of amides is 1. The van der Waals surface area contributed by atoms with Gasteiger partial charge < -0.3 is 14.7 Å². The number of nitrogens with zero attached hydrogens (tertiary/aromatic N) is 2. The lowest BCUT2D eigenvalue weighted by Gasteiger charge is -2.30. The van der Waals surface area contributed by atoms with Crippen LogP contribution in [-0.4, -0.2) is 52.7 Å². The molecule has 2 heterocycles. The number of carboxylic acids is 1. The first-order chi connectivity index (χ1) is 8.18. The number of aliphatic carboxylic acids is 1. The van der Waals surface area contributed by atoms with Gasteiger partial charge in [-0.25, -0.2) is 4.79 Å². The summed E-state index contributed by atoms with van der Waals surface area (Å²) in [5, 5.41) is 8.83. The van der Waals surface area contributed by atoms with Gasteiger partial charge in [0, 0.05) is 12.7 Å². The molecule has 17 heavy (non-hydrogen) atoms. The van der Waals surface area contributed by atoms with Gasteiger partial charge in [-0.15, -0.1) is 0 Å². The van der Waals surface area contributed by atoms with Crippen LogP contribution in [0.1, 0.15) is 10.5 Å². The van der Waals surface area contributed by atoms with Crippen molar-refractivity contribution < 1.29 is 19.4 Å². The van der Waals surface area contributed by atoms with Crippen LogP contribution in [0.2, 0.25) is 0 Å². The van der Waals surface area contributed by atoms with Crippen molar-refractivity contribution in [3.63, 3.8) is 0 Å². The van der Waals surface area contributed by atoms with Crippen LogP contribution in [0.4, 0.5) is 0 Å². The van der Waals surface area contributed by atoms with Crippen molar-refractivity contribution in [2.24, 2.45) is 0 Å². The average Bonchev–Trinajstić information content (AvgIpc) is 2.39. The number of rotatable bonds is 2. The minimum Gasteiger partial charge on any atom is -0.479 e. The molecule has 0 bridgehead atoms. The number of ether oxygens (including phenoxy) is 1. The molecular formula is C11H12N2O4. The van der Waals surface area contributed by atoms with Crippen LogP contribution < -0.4 is 0 Å². The fourth-order valence-electron chi connectivity index (χ4n) is 1.63. The molecule has 1 aliphatic heterocycles. The topological polar surface area (TPSA) is 79.7 Å². The molecule has 0 aromatic carbocycles. The van der Waals surface area contributed by atoms with Gasteiger partial charge >= 0.3 is 5.97 Å². The Morgan fingerprint density at radius 1 is 1.47 bits per heavy atom. The summed E-state index contributed by atoms with van der Waals surface area (Å²) in [5.74, 6) is -1.32. The highest BCUT2D eigenvalue weighted by Crippen LogP contribution is 2.09. The van der Waals surface area contributed by atoms with E-state index in [9.17, 15) is 9.59 Å². The van der Waals surface area contributed by atoms with Crippen molar-refractivity contribution >= 4 is 11.9 Å². The SMILES string of the molecule is O=C(O)C1CN(C(=O)c2ccccn2)CCO1. The van der Waals surface area contributed by atoms with E-state index in [4.69, 9.17) is 9.84 Å². The lowest BCUT2D eigenvalue weighted by molar-refractivity contribution is -0.154. The summed E-state index contributed by atoms with van der Waals surface area (Å²) in [5.41, 5.74) is 0.318. The van der Waals surface area contributed by atoms with Crippen LogP contribution in [0.5, 0.6) is 0 Å². The highest BCUT2D eigenvalue weighted by molar-refractivity contribution is 5.92. The Morgan fingerprint density at radius 2 is 2.29 bits per heavy atom. The van der Waals surface area contributed by atoms with Crippen molar-refractivity contribution in [2.75, 3.05) is 19.7 Å². The zero-order valence-corrected chi connectivity index (χ0v) is 9.07. The number of hydrogen-bond acceptors (Lipinski definition) is 4. The molecule has 0 saturated carbocycles. The van der Waals surface area contributed by atoms with Gasteiger partial charge in [0.2, 0.25) is 0 Å². The van der Waals surface area contributed by atoms with E-state index in [1.165, 1.54) is 11.1 Å². The number of pyridine rings is 1. The molecule has 0 aliphatic carbocycles. The van der Waals surface area contributed by atoms with Gasteiger partial charge in [-0.1, -0.05) is 6.07 Å². The molecule has 2 rings (SSSR count). The van der Waals surface area contributed by atoms with Gasteiger partial charge in [0.15, 0.2) is 6.10 Å². The summed E-state index contributed by atoms with van der Waals surface area (Å²) in [7, 11) is 0. The minimum absolute atomic E-state index is 0.0603. The molecule has 0 spiro atoms. The first-order valence-electron chi connectivity index (χ1n) is 5.23. The molecule has 90 valence electrons. The molecule has 1 unspecified atom stereocenters. The summed E-state index contributed by atoms with van der Waals surface area (Å²) in [6.45, 7) is 0.680. The van der Waals surface area contributed by atoms with Gasteiger partial charge in [-0.2, -0.15) is 0 Å². The molecule has 1 saturated heterocycles. The predicted octanol–water partition coefficient (Wildman–Crippen LogP) is 0.00720. The van der Waals surface area contributed by atoms with Crippen LogP contribution in [0.3, 0.4) is 0 Å². The Morgan fingerprint density at radius 3 is 2.94 bits per heavy atom. The number of aromatic nitrogens is 1. The lowest BCUT2D eigenvalue weighted by Crippen LogP contribution is -2.48. The number of carbonyl (C=O) groups excluding carboxylic acids is 1. The Balaban J connectivity index is 2.07. The molecular weight excluding hydrogens is 224 g/mol. The van der Waals surface area contributed by atoms with E-state index >= 15 is 0 Å². The first kappa shape index (κ1) is 11.5. The van der Waals surface area contributed by atoms with Crippen LogP contribution in [0.15, 0.2) is 24.4 Å². The fraction of sp³-hybridized carbons (Fsp3) is 0.364. The van der Waals surface area contributed by atoms with E-state index in [1.54, 1.807) is 18.2 Å². The molecule has 6 nitrogen and oxygen atoms in total. The summed E-state index contributed by atoms with van der Waals surface area (Å²) in [4.78, 5) is 28.2. The van der Waals surface area contributed by atoms with E-state index in [2.05, 4.69) is 4.98 Å². The molecule has 0 radical (unpaired) electrons. The van der Waals surface area contributed by atoms with Gasteiger partial charge in [0.1, 0.15) is 5.69 Å². The Bertz CT molecular complexity index is 421. The molecule has 1 aliphatic rings. The number of hydrogen-bond donors (Lipinski definition) is 1. The van der Waals surface area contributed by atoms with E-state index < -0.39 is 12.1 Å². The van der Waals surface area contributed by atoms with E-state index in [0.29, 0.717) is 12.2 Å².